The number of nitrogens with zero attached hydrogens (tertiary/aromatic N) is 3. The van der Waals surface area contributed by atoms with Crippen LogP contribution in [-0.4, -0.2) is 36.9 Å². The molecular weight excluding hydrogens is 434 g/mol. The molecule has 33 heavy (non-hydrogen) atoms. The summed E-state index contributed by atoms with van der Waals surface area (Å²) >= 11 is 0. The number of carbonyl (C=O) groups excluding carboxylic acids is 1. The van der Waals surface area contributed by atoms with Crippen molar-refractivity contribution in [1.82, 2.24) is 9.47 Å². The van der Waals surface area contributed by atoms with Gasteiger partial charge in [0.1, 0.15) is 0 Å². The maximum Gasteiger partial charge on any atom is 0.264 e. The predicted molar refractivity (Wildman–Crippen MR) is 129 cm³/mol. The molecule has 5 rings (SSSR count). The summed E-state index contributed by atoms with van der Waals surface area (Å²) in [6.45, 7) is 1.09. The molecule has 1 saturated heterocycles. The van der Waals surface area contributed by atoms with Gasteiger partial charge >= 0.3 is 0 Å². The molecule has 2 aliphatic rings. The van der Waals surface area contributed by atoms with Gasteiger partial charge in [0.05, 0.1) is 16.6 Å². The zero-order valence-corrected chi connectivity index (χ0v) is 19.7. The highest BCUT2D eigenvalue weighted by molar-refractivity contribution is 7.92. The lowest BCUT2D eigenvalue weighted by molar-refractivity contribution is 0.0674. The zero-order valence-electron chi connectivity index (χ0n) is 18.9. The van der Waals surface area contributed by atoms with E-state index < -0.39 is 10.0 Å². The number of fused-ring (bicyclic) bond motifs is 1. The van der Waals surface area contributed by atoms with Gasteiger partial charge < -0.3 is 9.47 Å². The first-order chi connectivity index (χ1) is 16.0. The third-order valence-electron chi connectivity index (χ3n) is 6.85. The van der Waals surface area contributed by atoms with E-state index >= 15 is 0 Å². The van der Waals surface area contributed by atoms with Crippen molar-refractivity contribution in [2.75, 3.05) is 17.4 Å². The number of likely N-dealkylation sites (tertiary alicyclic amines) is 1. The monoisotopic (exact) mass is 463 g/mol. The Labute approximate surface area is 195 Å². The van der Waals surface area contributed by atoms with Crippen molar-refractivity contribution in [2.24, 2.45) is 7.05 Å². The molecule has 0 aliphatic carbocycles. The van der Waals surface area contributed by atoms with Gasteiger partial charge in [-0.1, -0.05) is 37.1 Å². The molecule has 2 aliphatic heterocycles. The van der Waals surface area contributed by atoms with Crippen molar-refractivity contribution in [3.63, 3.8) is 0 Å². The highest BCUT2D eigenvalue weighted by atomic mass is 32.2. The summed E-state index contributed by atoms with van der Waals surface area (Å²) in [5.74, 6) is -0.109. The fourth-order valence-corrected chi connectivity index (χ4v) is 6.67. The van der Waals surface area contributed by atoms with E-state index in [1.165, 1.54) is 4.31 Å². The molecular formula is C26H29N3O3S. The van der Waals surface area contributed by atoms with Crippen LogP contribution in [0.25, 0.3) is 0 Å². The Morgan fingerprint density at radius 3 is 2.61 bits per heavy atom. The number of hydrogen-bond donors (Lipinski definition) is 0. The quantitative estimate of drug-likeness (QED) is 0.571. The molecule has 0 spiro atoms. The Kier molecular flexibility index (Phi) is 5.74. The number of amides is 1. The van der Waals surface area contributed by atoms with E-state index in [0.29, 0.717) is 25.1 Å². The maximum atomic E-state index is 13.7. The van der Waals surface area contributed by atoms with Crippen molar-refractivity contribution >= 4 is 21.6 Å². The number of benzene rings is 2. The number of anilines is 1. The highest BCUT2D eigenvalue weighted by Gasteiger charge is 2.33. The summed E-state index contributed by atoms with van der Waals surface area (Å²) in [6.07, 6.45) is 6.72. The van der Waals surface area contributed by atoms with E-state index in [-0.39, 0.29) is 16.8 Å². The summed E-state index contributed by atoms with van der Waals surface area (Å²) in [7, 11) is -1.75. The molecule has 0 unspecified atom stereocenters. The molecule has 1 aromatic heterocycles. The van der Waals surface area contributed by atoms with Crippen LogP contribution in [-0.2, 0) is 23.5 Å². The number of carbonyl (C=O) groups is 1. The largest absolute Gasteiger partial charge is 0.353 e. The van der Waals surface area contributed by atoms with E-state index in [4.69, 9.17) is 0 Å². The van der Waals surface area contributed by atoms with Crippen molar-refractivity contribution in [3.8, 4) is 0 Å². The molecule has 172 valence electrons. The Morgan fingerprint density at radius 1 is 0.939 bits per heavy atom. The Hall–Kier alpha value is -3.06. The van der Waals surface area contributed by atoms with E-state index in [1.54, 1.807) is 24.3 Å². The van der Waals surface area contributed by atoms with Crippen LogP contribution in [0.5, 0.6) is 0 Å². The number of rotatable bonds is 4. The van der Waals surface area contributed by atoms with Crippen molar-refractivity contribution < 1.29 is 13.2 Å². The van der Waals surface area contributed by atoms with Gasteiger partial charge in [-0.05, 0) is 61.2 Å². The van der Waals surface area contributed by atoms with Crippen LogP contribution in [0.2, 0.25) is 0 Å². The summed E-state index contributed by atoms with van der Waals surface area (Å²) in [6, 6.07) is 18.2. The maximum absolute atomic E-state index is 13.7. The molecule has 2 aromatic carbocycles. The fourth-order valence-electron chi connectivity index (χ4n) is 5.12. The van der Waals surface area contributed by atoms with Crippen LogP contribution in [0.4, 0.5) is 5.69 Å². The van der Waals surface area contributed by atoms with Crippen LogP contribution in [0, 0.1) is 0 Å². The van der Waals surface area contributed by atoms with Crippen molar-refractivity contribution in [2.45, 2.75) is 43.0 Å². The molecule has 0 saturated carbocycles. The first kappa shape index (κ1) is 21.8. The van der Waals surface area contributed by atoms with Gasteiger partial charge in [-0.2, -0.15) is 0 Å². The molecule has 1 amide bonds. The molecule has 7 heteroatoms. The number of hydrogen-bond acceptors (Lipinski definition) is 3. The average Bonchev–Trinajstić information content (AvgIpc) is 3.38. The van der Waals surface area contributed by atoms with Gasteiger partial charge in [-0.15, -0.1) is 0 Å². The third kappa shape index (κ3) is 3.95. The van der Waals surface area contributed by atoms with Gasteiger partial charge in [0, 0.05) is 37.6 Å². The first-order valence-corrected chi connectivity index (χ1v) is 13.0. The van der Waals surface area contributed by atoms with Crippen LogP contribution in [0.3, 0.4) is 0 Å². The van der Waals surface area contributed by atoms with Gasteiger partial charge in [0.15, 0.2) is 0 Å². The topological polar surface area (TPSA) is 62.6 Å². The van der Waals surface area contributed by atoms with Gasteiger partial charge in [-0.25, -0.2) is 8.42 Å². The summed E-state index contributed by atoms with van der Waals surface area (Å²) in [5.41, 5.74) is 3.29. The van der Waals surface area contributed by atoms with Crippen LogP contribution >= 0.6 is 0 Å². The Balaban J connectivity index is 1.47. The lowest BCUT2D eigenvalue weighted by Crippen LogP contribution is -2.36. The van der Waals surface area contributed by atoms with Crippen molar-refractivity contribution in [1.29, 1.82) is 0 Å². The number of aromatic nitrogens is 1. The second-order valence-corrected chi connectivity index (χ2v) is 10.8. The first-order valence-electron chi connectivity index (χ1n) is 11.6. The van der Waals surface area contributed by atoms with Crippen LogP contribution < -0.4 is 4.31 Å². The van der Waals surface area contributed by atoms with Gasteiger partial charge in [0.2, 0.25) is 0 Å². The highest BCUT2D eigenvalue weighted by Crippen LogP contribution is 2.34. The Morgan fingerprint density at radius 2 is 1.79 bits per heavy atom. The average molecular weight is 464 g/mol. The Bertz CT molecular complexity index is 1280. The second kappa shape index (κ2) is 8.71. The smallest absolute Gasteiger partial charge is 0.264 e. The molecule has 3 aromatic rings. The van der Waals surface area contributed by atoms with Crippen LogP contribution in [0.15, 0.2) is 71.8 Å². The molecule has 3 heterocycles. The standard InChI is InChI=1S/C26H29N3O3S/c1-27-16-8-14-24(27)25-13-3-2-6-17-28(25)26(30)21-10-7-11-22(19-21)33(31,32)29-18-15-20-9-4-5-12-23(20)29/h4-5,7-12,14,16,19,25H,2-3,6,13,15,17-18H2,1H3/t25-/m1/s1. The second-order valence-electron chi connectivity index (χ2n) is 8.89. The molecule has 1 fully saturated rings. The number of sulfonamides is 1. The zero-order chi connectivity index (χ0) is 23.0. The molecule has 0 bridgehead atoms. The van der Waals surface area contributed by atoms with E-state index in [2.05, 4.69) is 10.6 Å². The minimum Gasteiger partial charge on any atom is -0.353 e. The van der Waals surface area contributed by atoms with Crippen LogP contribution in [0.1, 0.15) is 53.3 Å². The normalized spacial score (nSPS) is 18.8. The molecule has 6 nitrogen and oxygen atoms in total. The van der Waals surface area contributed by atoms with E-state index in [9.17, 15) is 13.2 Å². The van der Waals surface area contributed by atoms with E-state index in [0.717, 1.165) is 42.6 Å². The lowest BCUT2D eigenvalue weighted by Gasteiger charge is -2.31. The van der Waals surface area contributed by atoms with Crippen molar-refractivity contribution in [3.05, 3.63) is 83.7 Å². The van der Waals surface area contributed by atoms with E-state index in [1.807, 2.05) is 48.5 Å². The lowest BCUT2D eigenvalue weighted by atomic mass is 10.1. The van der Waals surface area contributed by atoms with Gasteiger partial charge in [0.25, 0.3) is 15.9 Å². The minimum absolute atomic E-state index is 0.00859. The summed E-state index contributed by atoms with van der Waals surface area (Å²) in [5, 5.41) is 0. The fraction of sp³-hybridized carbons (Fsp3) is 0.346. The number of aryl methyl sites for hydroxylation is 1. The summed E-state index contributed by atoms with van der Waals surface area (Å²) in [4.78, 5) is 15.8. The third-order valence-corrected chi connectivity index (χ3v) is 8.66. The predicted octanol–water partition coefficient (Wildman–Crippen LogP) is 4.53. The molecule has 0 N–H and O–H groups in total. The number of para-hydroxylation sites is 1. The SMILES string of the molecule is Cn1cccc1[C@H]1CCCCCN1C(=O)c1cccc(S(=O)(=O)N2CCc3ccccc32)c1. The molecule has 1 atom stereocenters. The minimum atomic E-state index is -3.75. The molecule has 0 radical (unpaired) electrons. The summed E-state index contributed by atoms with van der Waals surface area (Å²) < 4.78 is 30.5. The van der Waals surface area contributed by atoms with Gasteiger partial charge in [-0.3, -0.25) is 9.10 Å².